The van der Waals surface area contributed by atoms with Crippen LogP contribution in [0.2, 0.25) is 0 Å². The minimum absolute atomic E-state index is 0.229. The summed E-state index contributed by atoms with van der Waals surface area (Å²) >= 11 is 0. The Hall–Kier alpha value is -8.46. The third-order valence-corrected chi connectivity index (χ3v) is 15.4. The highest BCUT2D eigenvalue weighted by Gasteiger charge is 2.43. The molecule has 70 heavy (non-hydrogen) atoms. The van der Waals surface area contributed by atoms with Gasteiger partial charge >= 0.3 is 0 Å². The molecule has 11 aromatic carbocycles. The summed E-state index contributed by atoms with van der Waals surface area (Å²) in [6.07, 6.45) is 0. The number of anilines is 6. The zero-order valence-electron chi connectivity index (χ0n) is 40.0. The van der Waals surface area contributed by atoms with Crippen molar-refractivity contribution in [2.24, 2.45) is 0 Å². The van der Waals surface area contributed by atoms with Crippen molar-refractivity contribution >= 4 is 55.7 Å². The number of para-hydroxylation sites is 4. The molecule has 0 spiro atoms. The summed E-state index contributed by atoms with van der Waals surface area (Å²) in [5.74, 6) is 0. The second kappa shape index (κ2) is 16.1. The molecule has 0 saturated carbocycles. The molecule has 2 aliphatic rings. The van der Waals surface area contributed by atoms with Crippen LogP contribution in [0.25, 0.3) is 66.1 Å². The highest BCUT2D eigenvalue weighted by atomic mass is 15.1. The molecule has 0 N–H and O–H groups in total. The van der Waals surface area contributed by atoms with Gasteiger partial charge in [0, 0.05) is 45.0 Å². The van der Waals surface area contributed by atoms with Gasteiger partial charge in [-0.05, 0) is 185 Å². The monoisotopic (exact) mass is 896 g/mol. The SMILES string of the molecule is CC1(C)c2cc3c(cc2-c2c1cc(-c1ccc(N(c4ccccc4)c4ccccc4)cc1)c1ccccc21)C(C)(C)c1cc(-c2ccc(N(c4ccccc4)c4ccccc4)cc2)c2ccccc2c1-3. The van der Waals surface area contributed by atoms with Crippen molar-refractivity contribution in [1.82, 2.24) is 0 Å². The number of nitrogens with zero attached hydrogens (tertiary/aromatic N) is 2. The van der Waals surface area contributed by atoms with Crippen LogP contribution >= 0.6 is 0 Å². The van der Waals surface area contributed by atoms with E-state index in [4.69, 9.17) is 0 Å². The molecule has 0 amide bonds. The van der Waals surface area contributed by atoms with Gasteiger partial charge < -0.3 is 9.80 Å². The Morgan fingerprint density at radius 3 is 0.814 bits per heavy atom. The first-order valence-corrected chi connectivity index (χ1v) is 24.6. The molecule has 0 aliphatic heterocycles. The van der Waals surface area contributed by atoms with E-state index in [0.717, 1.165) is 34.1 Å². The van der Waals surface area contributed by atoms with E-state index < -0.39 is 0 Å². The van der Waals surface area contributed by atoms with Crippen molar-refractivity contribution in [2.75, 3.05) is 9.80 Å². The molecular formula is C68H52N2. The van der Waals surface area contributed by atoms with Crippen LogP contribution in [0, 0.1) is 0 Å². The van der Waals surface area contributed by atoms with Crippen LogP contribution in [0.5, 0.6) is 0 Å². The Labute approximate surface area is 411 Å². The Kier molecular flexibility index (Phi) is 9.58. The summed E-state index contributed by atoms with van der Waals surface area (Å²) in [4.78, 5) is 4.66. The van der Waals surface area contributed by atoms with Crippen LogP contribution in [0.15, 0.2) is 243 Å². The first-order chi connectivity index (χ1) is 34.3. The fraction of sp³-hybridized carbons (Fsp3) is 0.0882. The second-order valence-corrected chi connectivity index (χ2v) is 20.1. The van der Waals surface area contributed by atoms with Crippen LogP contribution < -0.4 is 9.80 Å². The van der Waals surface area contributed by atoms with Gasteiger partial charge in [0.2, 0.25) is 0 Å². The topological polar surface area (TPSA) is 6.48 Å². The minimum Gasteiger partial charge on any atom is -0.311 e. The summed E-state index contributed by atoms with van der Waals surface area (Å²) in [6.45, 7) is 9.75. The smallest absolute Gasteiger partial charge is 0.0462 e. The van der Waals surface area contributed by atoms with Gasteiger partial charge in [-0.2, -0.15) is 0 Å². The minimum atomic E-state index is -0.229. The summed E-state index contributed by atoms with van der Waals surface area (Å²) in [6, 6.07) is 89.2. The Bertz CT molecular complexity index is 3450. The van der Waals surface area contributed by atoms with Crippen molar-refractivity contribution in [3.8, 4) is 44.5 Å². The van der Waals surface area contributed by atoms with Crippen LogP contribution in [0.3, 0.4) is 0 Å². The lowest BCUT2D eigenvalue weighted by Crippen LogP contribution is -2.17. The predicted molar refractivity (Wildman–Crippen MR) is 297 cm³/mol. The first-order valence-electron chi connectivity index (χ1n) is 24.6. The van der Waals surface area contributed by atoms with E-state index in [2.05, 4.69) is 280 Å². The van der Waals surface area contributed by atoms with Gasteiger partial charge in [-0.3, -0.25) is 0 Å². The molecule has 2 aliphatic carbocycles. The molecule has 2 heteroatoms. The molecule has 0 atom stereocenters. The van der Waals surface area contributed by atoms with Crippen molar-refractivity contribution in [3.63, 3.8) is 0 Å². The largest absolute Gasteiger partial charge is 0.311 e. The van der Waals surface area contributed by atoms with E-state index in [1.807, 2.05) is 0 Å². The van der Waals surface area contributed by atoms with Gasteiger partial charge in [0.05, 0.1) is 0 Å². The fourth-order valence-electron chi connectivity index (χ4n) is 11.9. The molecule has 13 rings (SSSR count). The van der Waals surface area contributed by atoms with Gasteiger partial charge in [-0.1, -0.05) is 173 Å². The zero-order chi connectivity index (χ0) is 47.1. The van der Waals surface area contributed by atoms with Gasteiger partial charge in [-0.15, -0.1) is 0 Å². The summed E-state index contributed by atoms with van der Waals surface area (Å²) in [5.41, 5.74) is 22.3. The first kappa shape index (κ1) is 41.7. The third-order valence-electron chi connectivity index (χ3n) is 15.4. The molecular weight excluding hydrogens is 845 g/mol. The summed E-state index contributed by atoms with van der Waals surface area (Å²) in [7, 11) is 0. The van der Waals surface area contributed by atoms with Crippen LogP contribution in [0.1, 0.15) is 49.9 Å². The molecule has 0 fully saturated rings. The average Bonchev–Trinajstić information content (AvgIpc) is 3.78. The lowest BCUT2D eigenvalue weighted by molar-refractivity contribution is 0.652. The Morgan fingerprint density at radius 1 is 0.243 bits per heavy atom. The molecule has 0 bridgehead atoms. The quantitative estimate of drug-likeness (QED) is 0.150. The van der Waals surface area contributed by atoms with Crippen LogP contribution in [0.4, 0.5) is 34.1 Å². The standard InChI is InChI=1S/C68H52N2/c1-67(2)61-43-60-62(44-59(61)65-55-31-19-17-29-53(55)57(41-63(65)67)45-33-37-51(38-34-45)69(47-21-9-5-10-22-47)48-23-11-6-12-24-48)68(3,4)64-42-58(54-30-18-20-32-56(54)66(60)64)46-35-39-52(40-36-46)70(49-25-13-7-14-26-49)50-27-15-8-16-28-50/h5-44H,1-4H3. The van der Waals surface area contributed by atoms with Crippen LogP contribution in [-0.2, 0) is 10.8 Å². The number of hydrogen-bond donors (Lipinski definition) is 0. The van der Waals surface area contributed by atoms with Crippen molar-refractivity contribution in [2.45, 2.75) is 38.5 Å². The lowest BCUT2D eigenvalue weighted by atomic mass is 9.78. The molecule has 0 heterocycles. The second-order valence-electron chi connectivity index (χ2n) is 20.1. The number of fused-ring (bicyclic) bond motifs is 10. The Balaban J connectivity index is 0.910. The van der Waals surface area contributed by atoms with Gasteiger partial charge in [0.15, 0.2) is 0 Å². The van der Waals surface area contributed by atoms with Gasteiger partial charge in [0.1, 0.15) is 0 Å². The fourth-order valence-corrected chi connectivity index (χ4v) is 11.9. The maximum absolute atomic E-state index is 2.58. The van der Waals surface area contributed by atoms with E-state index in [1.54, 1.807) is 0 Å². The van der Waals surface area contributed by atoms with E-state index in [0.29, 0.717) is 0 Å². The van der Waals surface area contributed by atoms with E-state index >= 15 is 0 Å². The van der Waals surface area contributed by atoms with E-state index in [1.165, 1.54) is 88.3 Å². The van der Waals surface area contributed by atoms with Crippen molar-refractivity contribution in [1.29, 1.82) is 0 Å². The third kappa shape index (κ3) is 6.47. The molecule has 0 radical (unpaired) electrons. The highest BCUT2D eigenvalue weighted by molar-refractivity contribution is 6.12. The number of benzene rings is 11. The lowest BCUT2D eigenvalue weighted by Gasteiger charge is -2.26. The molecule has 0 aromatic heterocycles. The maximum atomic E-state index is 2.58. The number of hydrogen-bond acceptors (Lipinski definition) is 2. The molecule has 11 aromatic rings. The highest BCUT2D eigenvalue weighted by Crippen LogP contribution is 2.60. The van der Waals surface area contributed by atoms with Crippen molar-refractivity contribution < 1.29 is 0 Å². The molecule has 0 saturated heterocycles. The normalized spacial score (nSPS) is 13.7. The maximum Gasteiger partial charge on any atom is 0.0462 e. The molecule has 0 unspecified atom stereocenters. The predicted octanol–water partition coefficient (Wildman–Crippen LogP) is 18.9. The van der Waals surface area contributed by atoms with Crippen LogP contribution in [-0.4, -0.2) is 0 Å². The zero-order valence-corrected chi connectivity index (χ0v) is 40.0. The average molecular weight is 897 g/mol. The van der Waals surface area contributed by atoms with E-state index in [9.17, 15) is 0 Å². The van der Waals surface area contributed by atoms with Crippen molar-refractivity contribution in [3.05, 3.63) is 265 Å². The van der Waals surface area contributed by atoms with Gasteiger partial charge in [-0.25, -0.2) is 0 Å². The number of rotatable bonds is 8. The summed E-state index contributed by atoms with van der Waals surface area (Å²) < 4.78 is 0. The molecule has 2 nitrogen and oxygen atoms in total. The van der Waals surface area contributed by atoms with Gasteiger partial charge in [0.25, 0.3) is 0 Å². The van der Waals surface area contributed by atoms with E-state index in [-0.39, 0.29) is 10.8 Å². The molecule has 334 valence electrons. The summed E-state index contributed by atoms with van der Waals surface area (Å²) in [5, 5.41) is 5.18. The Morgan fingerprint density at radius 2 is 0.500 bits per heavy atom.